The zero-order valence-electron chi connectivity index (χ0n) is 19.1. The number of carboxylic acid groups (broad SMARTS) is 1. The van der Waals surface area contributed by atoms with E-state index in [9.17, 15) is 24.3 Å². The predicted octanol–water partition coefficient (Wildman–Crippen LogP) is 5.37. The summed E-state index contributed by atoms with van der Waals surface area (Å²) >= 11 is 12.1. The number of halogens is 2. The van der Waals surface area contributed by atoms with Crippen LogP contribution in [0.15, 0.2) is 78.9 Å². The summed E-state index contributed by atoms with van der Waals surface area (Å²) < 4.78 is 0. The van der Waals surface area contributed by atoms with Crippen LogP contribution < -0.4 is 10.2 Å². The summed E-state index contributed by atoms with van der Waals surface area (Å²) in [5.74, 6) is -2.83. The van der Waals surface area contributed by atoms with Crippen molar-refractivity contribution in [3.05, 3.63) is 111 Å². The van der Waals surface area contributed by atoms with Crippen LogP contribution in [0, 0.1) is 0 Å². The van der Waals surface area contributed by atoms with Crippen molar-refractivity contribution in [3.63, 3.8) is 0 Å². The van der Waals surface area contributed by atoms with E-state index in [1.165, 1.54) is 12.1 Å². The molecule has 1 atom stereocenters. The lowest BCUT2D eigenvalue weighted by molar-refractivity contribution is -0.139. The van der Waals surface area contributed by atoms with Crippen LogP contribution in [0.2, 0.25) is 10.0 Å². The molecule has 7 nitrogen and oxygen atoms in total. The standard InChI is InChI=1S/C28H18Cl2N2O5/c29-20-8-3-9-21(30)24(20)25(33)31-22(28(36)37)14-15-10-12-17(13-11-15)32-26(34)18-6-1-4-16-5-2-7-19(23(16)18)27(32)35/h1-13,22H,14H2,(H,31,33)(H,36,37)/t22-/m0/s1. The summed E-state index contributed by atoms with van der Waals surface area (Å²) in [6.45, 7) is 0. The van der Waals surface area contributed by atoms with E-state index in [2.05, 4.69) is 5.32 Å². The summed E-state index contributed by atoms with van der Waals surface area (Å²) in [6.07, 6.45) is -0.0482. The lowest BCUT2D eigenvalue weighted by Gasteiger charge is -2.27. The minimum absolute atomic E-state index is 0.00939. The molecule has 0 saturated heterocycles. The largest absolute Gasteiger partial charge is 0.480 e. The molecule has 4 aromatic rings. The monoisotopic (exact) mass is 532 g/mol. The molecule has 0 fully saturated rings. The number of nitrogens with zero attached hydrogens (tertiary/aromatic N) is 1. The van der Waals surface area contributed by atoms with Gasteiger partial charge < -0.3 is 10.4 Å². The zero-order chi connectivity index (χ0) is 26.3. The number of anilines is 1. The van der Waals surface area contributed by atoms with Crippen LogP contribution >= 0.6 is 23.2 Å². The molecule has 0 aromatic heterocycles. The van der Waals surface area contributed by atoms with E-state index in [0.29, 0.717) is 27.8 Å². The van der Waals surface area contributed by atoms with Crippen LogP contribution in [0.3, 0.4) is 0 Å². The van der Waals surface area contributed by atoms with E-state index >= 15 is 0 Å². The average molecular weight is 533 g/mol. The quantitative estimate of drug-likeness (QED) is 0.325. The summed E-state index contributed by atoms with van der Waals surface area (Å²) in [6, 6.07) is 20.3. The van der Waals surface area contributed by atoms with E-state index < -0.39 is 29.7 Å². The molecule has 3 amide bonds. The molecule has 0 spiro atoms. The van der Waals surface area contributed by atoms with Gasteiger partial charge in [0.15, 0.2) is 0 Å². The Bertz CT molecular complexity index is 1530. The molecule has 9 heteroatoms. The number of aliphatic carboxylic acids is 1. The lowest BCUT2D eigenvalue weighted by atomic mass is 9.93. The van der Waals surface area contributed by atoms with Crippen LogP contribution in [0.25, 0.3) is 10.8 Å². The second-order valence-electron chi connectivity index (χ2n) is 8.49. The highest BCUT2D eigenvalue weighted by Gasteiger charge is 2.34. The highest BCUT2D eigenvalue weighted by Crippen LogP contribution is 2.33. The van der Waals surface area contributed by atoms with Crippen molar-refractivity contribution in [2.24, 2.45) is 0 Å². The van der Waals surface area contributed by atoms with Crippen molar-refractivity contribution in [1.82, 2.24) is 5.32 Å². The van der Waals surface area contributed by atoms with Gasteiger partial charge in [0, 0.05) is 22.9 Å². The maximum Gasteiger partial charge on any atom is 0.326 e. The van der Waals surface area contributed by atoms with Crippen LogP contribution in [0.5, 0.6) is 0 Å². The maximum absolute atomic E-state index is 13.2. The molecule has 2 N–H and O–H groups in total. The number of imide groups is 1. The number of carbonyl (C=O) groups excluding carboxylic acids is 3. The van der Waals surface area contributed by atoms with Gasteiger partial charge in [0.25, 0.3) is 17.7 Å². The number of carboxylic acids is 1. The fourth-order valence-corrected chi connectivity index (χ4v) is 5.00. The van der Waals surface area contributed by atoms with Gasteiger partial charge in [0.1, 0.15) is 6.04 Å². The third-order valence-corrected chi connectivity index (χ3v) is 6.83. The van der Waals surface area contributed by atoms with E-state index in [-0.39, 0.29) is 22.0 Å². The van der Waals surface area contributed by atoms with Crippen molar-refractivity contribution in [2.75, 3.05) is 4.90 Å². The first kappa shape index (κ1) is 24.5. The molecule has 4 aromatic carbocycles. The molecule has 0 aliphatic carbocycles. The van der Waals surface area contributed by atoms with Gasteiger partial charge in [-0.05, 0) is 47.3 Å². The Kier molecular flexibility index (Phi) is 6.41. The highest BCUT2D eigenvalue weighted by molar-refractivity contribution is 6.39. The fraction of sp³-hybridized carbons (Fsp3) is 0.0714. The maximum atomic E-state index is 13.2. The third kappa shape index (κ3) is 4.43. The first-order valence-corrected chi connectivity index (χ1v) is 12.0. The number of rotatable bonds is 6. The summed E-state index contributed by atoms with van der Waals surface area (Å²) in [4.78, 5) is 52.1. The van der Waals surface area contributed by atoms with Gasteiger partial charge in [0.05, 0.1) is 21.3 Å². The Balaban J connectivity index is 1.38. The normalized spacial score (nSPS) is 13.5. The molecule has 0 bridgehead atoms. The van der Waals surface area contributed by atoms with Crippen LogP contribution in [-0.2, 0) is 11.2 Å². The second-order valence-corrected chi connectivity index (χ2v) is 9.30. The molecule has 0 radical (unpaired) electrons. The molecular formula is C28H18Cl2N2O5. The van der Waals surface area contributed by atoms with Crippen molar-refractivity contribution >= 4 is 63.4 Å². The summed E-state index contributed by atoms with van der Waals surface area (Å²) in [7, 11) is 0. The fourth-order valence-electron chi connectivity index (χ4n) is 4.43. The molecule has 37 heavy (non-hydrogen) atoms. The minimum atomic E-state index is -1.27. The van der Waals surface area contributed by atoms with E-state index in [0.717, 1.165) is 10.3 Å². The molecular weight excluding hydrogens is 515 g/mol. The molecule has 0 unspecified atom stereocenters. The van der Waals surface area contributed by atoms with Gasteiger partial charge in [-0.3, -0.25) is 14.4 Å². The van der Waals surface area contributed by atoms with Crippen LogP contribution in [0.4, 0.5) is 5.69 Å². The van der Waals surface area contributed by atoms with Crippen molar-refractivity contribution < 1.29 is 24.3 Å². The second kappa shape index (κ2) is 9.69. The first-order valence-electron chi connectivity index (χ1n) is 11.2. The number of amides is 3. The number of hydrogen-bond acceptors (Lipinski definition) is 4. The lowest BCUT2D eigenvalue weighted by Crippen LogP contribution is -2.42. The van der Waals surface area contributed by atoms with E-state index in [1.807, 2.05) is 12.1 Å². The molecule has 1 aliphatic heterocycles. The molecule has 0 saturated carbocycles. The molecule has 184 valence electrons. The zero-order valence-corrected chi connectivity index (χ0v) is 20.6. The number of nitrogens with one attached hydrogen (secondary N) is 1. The number of hydrogen-bond donors (Lipinski definition) is 2. The predicted molar refractivity (Wildman–Crippen MR) is 141 cm³/mol. The molecule has 1 aliphatic rings. The molecule has 1 heterocycles. The smallest absolute Gasteiger partial charge is 0.326 e. The van der Waals surface area contributed by atoms with Gasteiger partial charge in [-0.25, -0.2) is 9.69 Å². The Labute approximate surface area is 221 Å². The SMILES string of the molecule is O=C(N[C@@H](Cc1ccc(N2C(=O)c3cccc4cccc(c34)C2=O)cc1)C(=O)O)c1c(Cl)cccc1Cl. The summed E-state index contributed by atoms with van der Waals surface area (Å²) in [5, 5.41) is 13.8. The average Bonchev–Trinajstić information content (AvgIpc) is 2.87. The first-order chi connectivity index (χ1) is 17.8. The summed E-state index contributed by atoms with van der Waals surface area (Å²) in [5.41, 5.74) is 1.78. The van der Waals surface area contributed by atoms with Crippen LogP contribution in [-0.4, -0.2) is 34.8 Å². The van der Waals surface area contributed by atoms with Crippen LogP contribution in [0.1, 0.15) is 36.6 Å². The Morgan fingerprint density at radius 2 is 1.35 bits per heavy atom. The Morgan fingerprint density at radius 1 is 0.811 bits per heavy atom. The Hall–Kier alpha value is -4.20. The van der Waals surface area contributed by atoms with Gasteiger partial charge in [-0.1, -0.05) is 65.7 Å². The van der Waals surface area contributed by atoms with E-state index in [4.69, 9.17) is 23.2 Å². The Morgan fingerprint density at radius 3 is 1.89 bits per heavy atom. The van der Waals surface area contributed by atoms with Crippen molar-refractivity contribution in [3.8, 4) is 0 Å². The van der Waals surface area contributed by atoms with Gasteiger partial charge in [-0.2, -0.15) is 0 Å². The minimum Gasteiger partial charge on any atom is -0.480 e. The molecule has 5 rings (SSSR count). The van der Waals surface area contributed by atoms with Gasteiger partial charge in [-0.15, -0.1) is 0 Å². The van der Waals surface area contributed by atoms with Crippen molar-refractivity contribution in [1.29, 1.82) is 0 Å². The number of benzene rings is 4. The van der Waals surface area contributed by atoms with Crippen molar-refractivity contribution in [2.45, 2.75) is 12.5 Å². The third-order valence-electron chi connectivity index (χ3n) is 6.20. The number of carbonyl (C=O) groups is 4. The van der Waals surface area contributed by atoms with Gasteiger partial charge in [0.2, 0.25) is 0 Å². The highest BCUT2D eigenvalue weighted by atomic mass is 35.5. The van der Waals surface area contributed by atoms with Gasteiger partial charge >= 0.3 is 5.97 Å². The topological polar surface area (TPSA) is 104 Å². The van der Waals surface area contributed by atoms with E-state index in [1.54, 1.807) is 54.6 Å².